The number of aromatic nitrogens is 1. The van der Waals surface area contributed by atoms with Crippen molar-refractivity contribution in [1.29, 1.82) is 0 Å². The zero-order valence-electron chi connectivity index (χ0n) is 15.6. The van der Waals surface area contributed by atoms with Crippen molar-refractivity contribution < 1.29 is 13.2 Å². The molecule has 0 saturated heterocycles. The zero-order valence-corrected chi connectivity index (χ0v) is 17.9. The Morgan fingerprint density at radius 1 is 1.14 bits per heavy atom. The molecule has 1 saturated carbocycles. The third-order valence-electron chi connectivity index (χ3n) is 5.07. The van der Waals surface area contributed by atoms with Crippen molar-refractivity contribution in [2.45, 2.75) is 48.8 Å². The van der Waals surface area contributed by atoms with Gasteiger partial charge in [0.15, 0.2) is 9.84 Å². The van der Waals surface area contributed by atoms with E-state index >= 15 is 0 Å². The van der Waals surface area contributed by atoms with E-state index in [1.165, 1.54) is 30.9 Å². The molecule has 3 rings (SSSR count). The monoisotopic (exact) mass is 440 g/mol. The van der Waals surface area contributed by atoms with Crippen LogP contribution in [0.25, 0.3) is 0 Å². The number of hydrogen-bond donors (Lipinski definition) is 0. The van der Waals surface area contributed by atoms with Crippen molar-refractivity contribution in [3.8, 4) is 0 Å². The van der Waals surface area contributed by atoms with E-state index in [9.17, 15) is 13.2 Å². The number of rotatable bonds is 5. The van der Waals surface area contributed by atoms with Crippen molar-refractivity contribution in [2.24, 2.45) is 0 Å². The van der Waals surface area contributed by atoms with Crippen LogP contribution in [0, 0.1) is 0 Å². The molecule has 1 amide bonds. The fourth-order valence-corrected chi connectivity index (χ4v) is 6.17. The van der Waals surface area contributed by atoms with Gasteiger partial charge in [0.2, 0.25) is 0 Å². The van der Waals surface area contributed by atoms with Gasteiger partial charge >= 0.3 is 0 Å². The van der Waals surface area contributed by atoms with Crippen LogP contribution in [0.4, 0.5) is 0 Å². The Kier molecular flexibility index (Phi) is 6.63. The summed E-state index contributed by atoms with van der Waals surface area (Å²) in [7, 11) is -1.99. The third-order valence-corrected chi connectivity index (χ3v) is 7.70. The summed E-state index contributed by atoms with van der Waals surface area (Å²) in [6, 6.07) is 6.35. The first-order valence-corrected chi connectivity index (χ1v) is 11.6. The maximum atomic E-state index is 12.8. The Bertz CT molecular complexity index is 953. The first-order valence-electron chi connectivity index (χ1n) is 9.17. The van der Waals surface area contributed by atoms with Crippen LogP contribution in [0.1, 0.15) is 48.0 Å². The second-order valence-electron chi connectivity index (χ2n) is 7.10. The summed E-state index contributed by atoms with van der Waals surface area (Å²) in [5, 5.41) is 0.148. The predicted molar refractivity (Wildman–Crippen MR) is 111 cm³/mol. The molecular weight excluding hydrogens is 419 g/mol. The van der Waals surface area contributed by atoms with Crippen LogP contribution in [0.5, 0.6) is 0 Å². The predicted octanol–water partition coefficient (Wildman–Crippen LogP) is 4.77. The number of halogens is 2. The van der Waals surface area contributed by atoms with E-state index in [1.807, 2.05) is 0 Å². The molecule has 1 aromatic heterocycles. The van der Waals surface area contributed by atoms with E-state index in [-0.39, 0.29) is 32.6 Å². The minimum Gasteiger partial charge on any atom is -0.339 e. The quantitative estimate of drug-likeness (QED) is 0.671. The van der Waals surface area contributed by atoms with E-state index in [1.54, 1.807) is 24.1 Å². The van der Waals surface area contributed by atoms with E-state index in [0.29, 0.717) is 11.1 Å². The summed E-state index contributed by atoms with van der Waals surface area (Å²) in [4.78, 5) is 18.6. The Morgan fingerprint density at radius 3 is 2.43 bits per heavy atom. The summed E-state index contributed by atoms with van der Waals surface area (Å²) in [5.74, 6) is -0.480. The standard InChI is InChI=1S/C20H22Cl2N2O3S/c1-24(16-6-3-2-4-7-16)20(25)15-10-14(11-23-12-15)13-28(26,27)19-17(21)8-5-9-18(19)22/h5,8-12,16H,2-4,6-7,13H2,1H3. The summed E-state index contributed by atoms with van der Waals surface area (Å²) in [6.07, 6.45) is 8.36. The number of sulfone groups is 1. The number of nitrogens with zero attached hydrogens (tertiary/aromatic N) is 2. The molecule has 5 nitrogen and oxygen atoms in total. The molecule has 28 heavy (non-hydrogen) atoms. The molecule has 0 atom stereocenters. The lowest BCUT2D eigenvalue weighted by molar-refractivity contribution is 0.0695. The number of carbonyl (C=O) groups excluding carboxylic acids is 1. The average Bonchev–Trinajstić information content (AvgIpc) is 2.67. The van der Waals surface area contributed by atoms with Crippen molar-refractivity contribution in [1.82, 2.24) is 9.88 Å². The molecule has 0 spiro atoms. The molecule has 1 aliphatic rings. The SMILES string of the molecule is CN(C(=O)c1cncc(CS(=O)(=O)c2c(Cl)cccc2Cl)c1)C1CCCCC1. The molecular formula is C20H22Cl2N2O3S. The molecule has 0 radical (unpaired) electrons. The van der Waals surface area contributed by atoms with Gasteiger partial charge in [0, 0.05) is 25.5 Å². The van der Waals surface area contributed by atoms with Crippen LogP contribution in [0.3, 0.4) is 0 Å². The number of pyridine rings is 1. The second-order valence-corrected chi connectivity index (χ2v) is 9.84. The molecule has 0 aliphatic heterocycles. The summed E-state index contributed by atoms with van der Waals surface area (Å²) in [5.41, 5.74) is 0.796. The van der Waals surface area contributed by atoms with Gasteiger partial charge in [0.25, 0.3) is 5.91 Å². The molecule has 1 fully saturated rings. The maximum Gasteiger partial charge on any atom is 0.255 e. The van der Waals surface area contributed by atoms with Gasteiger partial charge in [0.1, 0.15) is 4.90 Å². The summed E-state index contributed by atoms with van der Waals surface area (Å²) >= 11 is 12.1. The largest absolute Gasteiger partial charge is 0.339 e. The highest BCUT2D eigenvalue weighted by Gasteiger charge is 2.25. The Morgan fingerprint density at radius 2 is 1.79 bits per heavy atom. The number of amides is 1. The minimum absolute atomic E-state index is 0.0738. The van der Waals surface area contributed by atoms with Crippen molar-refractivity contribution in [3.63, 3.8) is 0 Å². The number of hydrogen-bond acceptors (Lipinski definition) is 4. The van der Waals surface area contributed by atoms with Gasteiger partial charge in [-0.1, -0.05) is 48.5 Å². The van der Waals surface area contributed by atoms with Crippen LogP contribution < -0.4 is 0 Å². The molecule has 1 heterocycles. The highest BCUT2D eigenvalue weighted by atomic mass is 35.5. The molecule has 8 heteroatoms. The van der Waals surface area contributed by atoms with Crippen LogP contribution in [-0.2, 0) is 15.6 Å². The average molecular weight is 441 g/mol. The lowest BCUT2D eigenvalue weighted by Crippen LogP contribution is -2.38. The fraction of sp³-hybridized carbons (Fsp3) is 0.400. The van der Waals surface area contributed by atoms with Gasteiger partial charge in [-0.2, -0.15) is 0 Å². The molecule has 0 unspecified atom stereocenters. The van der Waals surface area contributed by atoms with Gasteiger partial charge in [-0.15, -0.1) is 0 Å². The van der Waals surface area contributed by atoms with Crippen molar-refractivity contribution >= 4 is 38.9 Å². The number of benzene rings is 1. The lowest BCUT2D eigenvalue weighted by Gasteiger charge is -2.31. The van der Waals surface area contributed by atoms with Gasteiger partial charge in [-0.25, -0.2) is 8.42 Å². The smallest absolute Gasteiger partial charge is 0.255 e. The zero-order chi connectivity index (χ0) is 20.3. The molecule has 1 aromatic carbocycles. The van der Waals surface area contributed by atoms with Gasteiger partial charge in [-0.3, -0.25) is 9.78 Å². The molecule has 150 valence electrons. The van der Waals surface area contributed by atoms with Gasteiger partial charge in [0.05, 0.1) is 21.4 Å². The first kappa shape index (κ1) is 21.1. The summed E-state index contributed by atoms with van der Waals surface area (Å²) < 4.78 is 25.6. The lowest BCUT2D eigenvalue weighted by atomic mass is 9.94. The molecule has 0 bridgehead atoms. The molecule has 2 aromatic rings. The topological polar surface area (TPSA) is 67.3 Å². The minimum atomic E-state index is -3.79. The van der Waals surface area contributed by atoms with Crippen LogP contribution in [0.15, 0.2) is 41.6 Å². The van der Waals surface area contributed by atoms with Crippen LogP contribution in [-0.4, -0.2) is 37.3 Å². The summed E-state index contributed by atoms with van der Waals surface area (Å²) in [6.45, 7) is 0. The first-order chi connectivity index (χ1) is 13.3. The van der Waals surface area contributed by atoms with E-state index in [4.69, 9.17) is 23.2 Å². The fourth-order valence-electron chi connectivity index (χ4n) is 3.59. The van der Waals surface area contributed by atoms with Crippen LogP contribution in [0.2, 0.25) is 10.0 Å². The van der Waals surface area contributed by atoms with Crippen molar-refractivity contribution in [2.75, 3.05) is 7.05 Å². The van der Waals surface area contributed by atoms with E-state index in [2.05, 4.69) is 4.98 Å². The third kappa shape index (κ3) is 4.67. The van der Waals surface area contributed by atoms with Gasteiger partial charge < -0.3 is 4.90 Å². The van der Waals surface area contributed by atoms with Crippen LogP contribution >= 0.6 is 23.2 Å². The Balaban J connectivity index is 1.82. The number of carbonyl (C=O) groups is 1. The van der Waals surface area contributed by atoms with E-state index in [0.717, 1.165) is 25.7 Å². The van der Waals surface area contributed by atoms with Crippen molar-refractivity contribution in [3.05, 3.63) is 57.8 Å². The second kappa shape index (κ2) is 8.80. The molecule has 1 aliphatic carbocycles. The van der Waals surface area contributed by atoms with Gasteiger partial charge in [-0.05, 0) is 36.6 Å². The highest BCUT2D eigenvalue weighted by Crippen LogP contribution is 2.31. The molecule has 0 N–H and O–H groups in total. The Hall–Kier alpha value is -1.63. The van der Waals surface area contributed by atoms with E-state index < -0.39 is 9.84 Å². The normalized spacial score (nSPS) is 15.4. The maximum absolute atomic E-state index is 12.8. The Labute approximate surface area is 175 Å². The highest BCUT2D eigenvalue weighted by molar-refractivity contribution is 7.90.